The lowest BCUT2D eigenvalue weighted by molar-refractivity contribution is -0.121. The van der Waals surface area contributed by atoms with Gasteiger partial charge in [-0.3, -0.25) is 9.69 Å². The number of fused-ring (bicyclic) bond motifs is 1. The minimum atomic E-state index is -0.992. The van der Waals surface area contributed by atoms with Crippen LogP contribution in [0.2, 0.25) is 0 Å². The van der Waals surface area contributed by atoms with Crippen molar-refractivity contribution in [1.29, 1.82) is 0 Å². The van der Waals surface area contributed by atoms with Gasteiger partial charge in [0.05, 0.1) is 16.2 Å². The predicted molar refractivity (Wildman–Crippen MR) is 121 cm³/mol. The van der Waals surface area contributed by atoms with E-state index in [1.54, 1.807) is 23.1 Å². The minimum Gasteiger partial charge on any atom is -0.478 e. The van der Waals surface area contributed by atoms with Crippen LogP contribution in [0.3, 0.4) is 0 Å². The topological polar surface area (TPSA) is 74.9 Å². The number of aromatic nitrogens is 1. The molecule has 0 atom stereocenters. The van der Waals surface area contributed by atoms with E-state index in [9.17, 15) is 9.59 Å². The van der Waals surface area contributed by atoms with Gasteiger partial charge in [0.2, 0.25) is 0 Å². The Balaban J connectivity index is 1.71. The molecule has 1 fully saturated rings. The molecule has 2 heterocycles. The average Bonchev–Trinajstić information content (AvgIpc) is 3.21. The van der Waals surface area contributed by atoms with Crippen LogP contribution in [0.5, 0.6) is 0 Å². The Morgan fingerprint density at radius 3 is 2.63 bits per heavy atom. The van der Waals surface area contributed by atoms with E-state index in [1.165, 1.54) is 23.9 Å². The first-order chi connectivity index (χ1) is 14.5. The maximum Gasteiger partial charge on any atom is 0.335 e. The highest BCUT2D eigenvalue weighted by atomic mass is 32.2. The van der Waals surface area contributed by atoms with E-state index in [4.69, 9.17) is 5.11 Å². The number of amides is 1. The fourth-order valence-electron chi connectivity index (χ4n) is 3.30. The van der Waals surface area contributed by atoms with Gasteiger partial charge in [0.1, 0.15) is 0 Å². The SMILES string of the molecule is C=CCN1C(=O)/C(=C/c2cn(C)c3ccccc23)SC1=Nc1ccc(C(=O)O)cc1. The van der Waals surface area contributed by atoms with Crippen molar-refractivity contribution in [3.8, 4) is 0 Å². The third-order valence-corrected chi connectivity index (χ3v) is 5.76. The van der Waals surface area contributed by atoms with Gasteiger partial charge in [-0.1, -0.05) is 24.3 Å². The molecule has 0 bridgehead atoms. The summed E-state index contributed by atoms with van der Waals surface area (Å²) in [5.74, 6) is -1.12. The van der Waals surface area contributed by atoms with Gasteiger partial charge in [-0.25, -0.2) is 9.79 Å². The van der Waals surface area contributed by atoms with Crippen molar-refractivity contribution in [2.24, 2.45) is 12.0 Å². The monoisotopic (exact) mass is 417 g/mol. The van der Waals surface area contributed by atoms with Gasteiger partial charge in [0.15, 0.2) is 5.17 Å². The number of hydrogen-bond acceptors (Lipinski definition) is 4. The zero-order chi connectivity index (χ0) is 21.3. The van der Waals surface area contributed by atoms with Crippen molar-refractivity contribution in [3.63, 3.8) is 0 Å². The fourth-order valence-corrected chi connectivity index (χ4v) is 4.30. The van der Waals surface area contributed by atoms with E-state index < -0.39 is 5.97 Å². The molecule has 3 aromatic rings. The van der Waals surface area contributed by atoms with E-state index in [-0.39, 0.29) is 11.5 Å². The number of carboxylic acid groups (broad SMARTS) is 1. The number of hydrogen-bond donors (Lipinski definition) is 1. The lowest BCUT2D eigenvalue weighted by atomic mass is 10.1. The lowest BCUT2D eigenvalue weighted by Crippen LogP contribution is -2.29. The highest BCUT2D eigenvalue weighted by molar-refractivity contribution is 8.18. The van der Waals surface area contributed by atoms with Crippen molar-refractivity contribution in [3.05, 3.63) is 83.4 Å². The molecule has 4 rings (SSSR count). The number of carboxylic acids is 1. The summed E-state index contributed by atoms with van der Waals surface area (Å²) in [6.45, 7) is 4.08. The summed E-state index contributed by atoms with van der Waals surface area (Å²) >= 11 is 1.30. The largest absolute Gasteiger partial charge is 0.478 e. The minimum absolute atomic E-state index is 0.131. The molecule has 7 heteroatoms. The first-order valence-electron chi connectivity index (χ1n) is 9.26. The van der Waals surface area contributed by atoms with Crippen LogP contribution in [0, 0.1) is 0 Å². The molecule has 1 N–H and O–H groups in total. The van der Waals surface area contributed by atoms with Gasteiger partial charge in [0, 0.05) is 36.3 Å². The standard InChI is InChI=1S/C23H19N3O3S/c1-3-12-26-21(27)20(13-16-14-25(2)19-7-5-4-6-18(16)19)30-23(26)24-17-10-8-15(9-11-17)22(28)29/h3-11,13-14H,1,12H2,2H3,(H,28,29)/b20-13-,24-23?. The highest BCUT2D eigenvalue weighted by Crippen LogP contribution is 2.35. The number of aromatic carboxylic acids is 1. The average molecular weight is 417 g/mol. The molecule has 0 aliphatic carbocycles. The van der Waals surface area contributed by atoms with Crippen molar-refractivity contribution in [1.82, 2.24) is 9.47 Å². The quantitative estimate of drug-likeness (QED) is 0.484. The van der Waals surface area contributed by atoms with E-state index in [1.807, 2.05) is 48.2 Å². The Hall–Kier alpha value is -3.58. The van der Waals surface area contributed by atoms with Gasteiger partial charge in [0.25, 0.3) is 5.91 Å². The van der Waals surface area contributed by atoms with Gasteiger partial charge in [-0.2, -0.15) is 0 Å². The zero-order valence-corrected chi connectivity index (χ0v) is 17.1. The summed E-state index contributed by atoms with van der Waals surface area (Å²) in [7, 11) is 1.98. The molecule has 1 aromatic heterocycles. The Morgan fingerprint density at radius 1 is 1.20 bits per heavy atom. The van der Waals surface area contributed by atoms with Crippen molar-refractivity contribution >= 4 is 51.5 Å². The first-order valence-corrected chi connectivity index (χ1v) is 10.1. The molecule has 0 spiro atoms. The molecule has 1 amide bonds. The number of aryl methyl sites for hydroxylation is 1. The number of benzene rings is 2. The molecular formula is C23H19N3O3S. The molecule has 150 valence electrons. The van der Waals surface area contributed by atoms with Crippen LogP contribution in [0.4, 0.5) is 5.69 Å². The van der Waals surface area contributed by atoms with E-state index >= 15 is 0 Å². The van der Waals surface area contributed by atoms with Crippen molar-refractivity contribution < 1.29 is 14.7 Å². The summed E-state index contributed by atoms with van der Waals surface area (Å²) in [6.07, 6.45) is 5.55. The third kappa shape index (κ3) is 3.67. The summed E-state index contributed by atoms with van der Waals surface area (Å²) < 4.78 is 2.03. The molecule has 1 aliphatic rings. The van der Waals surface area contributed by atoms with E-state index in [0.29, 0.717) is 22.3 Å². The second-order valence-electron chi connectivity index (χ2n) is 6.77. The van der Waals surface area contributed by atoms with Crippen molar-refractivity contribution in [2.45, 2.75) is 0 Å². The van der Waals surface area contributed by atoms with Crippen LogP contribution in [0.25, 0.3) is 17.0 Å². The van der Waals surface area contributed by atoms with E-state index in [2.05, 4.69) is 11.6 Å². The number of carbonyl (C=O) groups excluding carboxylic acids is 1. The predicted octanol–water partition coefficient (Wildman–Crippen LogP) is 4.67. The number of para-hydroxylation sites is 1. The first kappa shape index (κ1) is 19.7. The normalized spacial score (nSPS) is 16.7. The van der Waals surface area contributed by atoms with Crippen LogP contribution in [-0.4, -0.2) is 38.2 Å². The lowest BCUT2D eigenvalue weighted by Gasteiger charge is -2.12. The Bertz CT molecular complexity index is 1220. The summed E-state index contributed by atoms with van der Waals surface area (Å²) in [5, 5.41) is 10.7. The third-order valence-electron chi connectivity index (χ3n) is 4.75. The molecule has 0 unspecified atom stereocenters. The van der Waals surface area contributed by atoms with Crippen LogP contribution in [0.15, 0.2) is 77.3 Å². The molecule has 1 aliphatic heterocycles. The molecule has 30 heavy (non-hydrogen) atoms. The summed E-state index contributed by atoms with van der Waals surface area (Å²) in [4.78, 5) is 30.8. The van der Waals surface area contributed by atoms with Gasteiger partial charge in [-0.15, -0.1) is 6.58 Å². The van der Waals surface area contributed by atoms with E-state index in [0.717, 1.165) is 16.5 Å². The van der Waals surface area contributed by atoms with Crippen LogP contribution < -0.4 is 0 Å². The van der Waals surface area contributed by atoms with Crippen LogP contribution in [-0.2, 0) is 11.8 Å². The smallest absolute Gasteiger partial charge is 0.335 e. The molecule has 0 saturated carbocycles. The number of aliphatic imine (C=N–C) groups is 1. The maximum absolute atomic E-state index is 13.0. The molecular weight excluding hydrogens is 398 g/mol. The second-order valence-corrected chi connectivity index (χ2v) is 7.78. The Morgan fingerprint density at radius 2 is 1.93 bits per heavy atom. The number of nitrogens with zero attached hydrogens (tertiary/aromatic N) is 3. The highest BCUT2D eigenvalue weighted by Gasteiger charge is 2.32. The Labute approximate surface area is 177 Å². The van der Waals surface area contributed by atoms with Gasteiger partial charge < -0.3 is 9.67 Å². The van der Waals surface area contributed by atoms with Gasteiger partial charge >= 0.3 is 5.97 Å². The maximum atomic E-state index is 13.0. The molecule has 6 nitrogen and oxygen atoms in total. The number of amidine groups is 1. The van der Waals surface area contributed by atoms with Gasteiger partial charge in [-0.05, 0) is 48.2 Å². The fraction of sp³-hybridized carbons (Fsp3) is 0.0870. The molecule has 1 saturated heterocycles. The summed E-state index contributed by atoms with van der Waals surface area (Å²) in [6, 6.07) is 14.3. The number of carbonyl (C=O) groups is 2. The van der Waals surface area contributed by atoms with Crippen LogP contribution in [0.1, 0.15) is 15.9 Å². The molecule has 2 aromatic carbocycles. The second kappa shape index (κ2) is 8.04. The summed E-state index contributed by atoms with van der Waals surface area (Å²) in [5.41, 5.74) is 2.83. The Kier molecular flexibility index (Phi) is 5.29. The number of thioether (sulfide) groups is 1. The van der Waals surface area contributed by atoms with Crippen LogP contribution >= 0.6 is 11.8 Å². The molecule has 0 radical (unpaired) electrons. The van der Waals surface area contributed by atoms with Crippen molar-refractivity contribution in [2.75, 3.05) is 6.54 Å². The number of rotatable bonds is 5. The zero-order valence-electron chi connectivity index (χ0n) is 16.3.